The molecule has 96 valence electrons. The van der Waals surface area contributed by atoms with Crippen molar-refractivity contribution in [3.8, 4) is 0 Å². The largest absolute Gasteiger partial charge is 0.416 e. The van der Waals surface area contributed by atoms with Crippen LogP contribution in [0, 0.1) is 5.41 Å². The van der Waals surface area contributed by atoms with Crippen molar-refractivity contribution in [3.63, 3.8) is 0 Å². The van der Waals surface area contributed by atoms with E-state index in [1.54, 1.807) is 13.8 Å². The lowest BCUT2D eigenvalue weighted by molar-refractivity contribution is -0.137. The molecule has 0 unspecified atom stereocenters. The fourth-order valence-electron chi connectivity index (χ4n) is 2.56. The zero-order chi connectivity index (χ0) is 13.3. The van der Waals surface area contributed by atoms with E-state index in [9.17, 15) is 18.0 Å². The van der Waals surface area contributed by atoms with E-state index in [-0.39, 0.29) is 18.0 Å². The molecule has 1 saturated heterocycles. The predicted octanol–water partition coefficient (Wildman–Crippen LogP) is 3.37. The second kappa shape index (κ2) is 3.15. The Bertz CT molecular complexity index is 546. The SMILES string of the molecule is CC1(C)C(=O)c2ccc(C(F)(F)F)cc2[C@H]2O[C@@H]21. The van der Waals surface area contributed by atoms with E-state index in [0.29, 0.717) is 11.1 Å². The first-order valence-electron chi connectivity index (χ1n) is 5.64. The topological polar surface area (TPSA) is 29.6 Å². The number of hydrogen-bond acceptors (Lipinski definition) is 2. The van der Waals surface area contributed by atoms with E-state index in [1.165, 1.54) is 6.07 Å². The van der Waals surface area contributed by atoms with E-state index in [4.69, 9.17) is 4.74 Å². The van der Waals surface area contributed by atoms with Crippen LogP contribution in [-0.4, -0.2) is 11.9 Å². The van der Waals surface area contributed by atoms with Gasteiger partial charge in [-0.1, -0.05) is 6.07 Å². The summed E-state index contributed by atoms with van der Waals surface area (Å²) >= 11 is 0. The third-order valence-corrected chi connectivity index (χ3v) is 3.72. The van der Waals surface area contributed by atoms with Crippen LogP contribution in [0.3, 0.4) is 0 Å². The van der Waals surface area contributed by atoms with E-state index in [1.807, 2.05) is 0 Å². The second-order valence-corrected chi connectivity index (χ2v) is 5.33. The molecular formula is C13H11F3O2. The normalized spacial score (nSPS) is 28.6. The van der Waals surface area contributed by atoms with Gasteiger partial charge in [0.15, 0.2) is 5.78 Å². The highest BCUT2D eigenvalue weighted by Crippen LogP contribution is 2.55. The van der Waals surface area contributed by atoms with Crippen molar-refractivity contribution in [3.05, 3.63) is 34.9 Å². The lowest BCUT2D eigenvalue weighted by Gasteiger charge is -2.26. The number of carbonyl (C=O) groups is 1. The van der Waals surface area contributed by atoms with Crippen molar-refractivity contribution in [2.75, 3.05) is 0 Å². The van der Waals surface area contributed by atoms with Crippen LogP contribution >= 0.6 is 0 Å². The summed E-state index contributed by atoms with van der Waals surface area (Å²) in [5.41, 5.74) is -0.661. The first kappa shape index (κ1) is 11.7. The Hall–Kier alpha value is -1.36. The van der Waals surface area contributed by atoms with Crippen LogP contribution < -0.4 is 0 Å². The smallest absolute Gasteiger partial charge is 0.363 e. The van der Waals surface area contributed by atoms with Gasteiger partial charge in [0.05, 0.1) is 11.0 Å². The van der Waals surface area contributed by atoms with Crippen molar-refractivity contribution < 1.29 is 22.7 Å². The molecule has 2 atom stereocenters. The summed E-state index contributed by atoms with van der Waals surface area (Å²) < 4.78 is 43.2. The number of epoxide rings is 1. The molecule has 3 rings (SSSR count). The molecule has 0 amide bonds. The van der Waals surface area contributed by atoms with Crippen molar-refractivity contribution in [2.45, 2.75) is 32.2 Å². The van der Waals surface area contributed by atoms with Crippen LogP contribution in [-0.2, 0) is 10.9 Å². The molecule has 0 radical (unpaired) electrons. The number of carbonyl (C=O) groups excluding carboxylic acids is 1. The average Bonchev–Trinajstić information content (AvgIpc) is 3.05. The number of ether oxygens (including phenoxy) is 1. The molecule has 2 aliphatic rings. The van der Waals surface area contributed by atoms with Crippen molar-refractivity contribution in [1.29, 1.82) is 0 Å². The van der Waals surface area contributed by atoms with Crippen molar-refractivity contribution in [2.24, 2.45) is 5.41 Å². The molecule has 1 aliphatic heterocycles. The van der Waals surface area contributed by atoms with Crippen LogP contribution in [0.25, 0.3) is 0 Å². The van der Waals surface area contributed by atoms with E-state index in [2.05, 4.69) is 0 Å². The van der Waals surface area contributed by atoms with E-state index < -0.39 is 17.2 Å². The zero-order valence-electron chi connectivity index (χ0n) is 9.84. The maximum absolute atomic E-state index is 12.6. The molecule has 1 aromatic carbocycles. The number of benzene rings is 1. The Kier molecular flexibility index (Phi) is 2.05. The maximum Gasteiger partial charge on any atom is 0.416 e. The summed E-state index contributed by atoms with van der Waals surface area (Å²) in [6, 6.07) is 3.25. The van der Waals surface area contributed by atoms with Gasteiger partial charge in [-0.05, 0) is 31.5 Å². The highest BCUT2D eigenvalue weighted by atomic mass is 19.4. The number of rotatable bonds is 0. The number of ketones is 1. The van der Waals surface area contributed by atoms with Gasteiger partial charge >= 0.3 is 6.18 Å². The van der Waals surface area contributed by atoms with Gasteiger partial charge < -0.3 is 4.74 Å². The molecule has 2 nitrogen and oxygen atoms in total. The molecule has 0 N–H and O–H groups in total. The first-order chi connectivity index (χ1) is 8.23. The quantitative estimate of drug-likeness (QED) is 0.666. The lowest BCUT2D eigenvalue weighted by atomic mass is 9.73. The third kappa shape index (κ3) is 1.43. The standard InChI is InChI=1S/C13H11F3O2/c1-12(2)10(17)7-4-3-6(13(14,15)16)5-8(7)9-11(12)18-9/h3-5,9,11H,1-2H3/t9-,11+/m1/s1. The van der Waals surface area contributed by atoms with Crippen LogP contribution in [0.4, 0.5) is 13.2 Å². The second-order valence-electron chi connectivity index (χ2n) is 5.33. The molecule has 0 spiro atoms. The van der Waals surface area contributed by atoms with Gasteiger partial charge in [0.2, 0.25) is 0 Å². The fourth-order valence-corrected chi connectivity index (χ4v) is 2.56. The Balaban J connectivity index is 2.13. The summed E-state index contributed by atoms with van der Waals surface area (Å²) in [5, 5.41) is 0. The molecule has 0 aromatic heterocycles. The van der Waals surface area contributed by atoms with Crippen LogP contribution in [0.15, 0.2) is 18.2 Å². The van der Waals surface area contributed by atoms with Gasteiger partial charge in [0.1, 0.15) is 12.2 Å². The van der Waals surface area contributed by atoms with Gasteiger partial charge in [-0.15, -0.1) is 0 Å². The molecule has 1 aromatic rings. The molecule has 1 aliphatic carbocycles. The van der Waals surface area contributed by atoms with Crippen molar-refractivity contribution >= 4 is 5.78 Å². The molecule has 1 heterocycles. The van der Waals surface area contributed by atoms with Gasteiger partial charge in [-0.2, -0.15) is 13.2 Å². The number of alkyl halides is 3. The third-order valence-electron chi connectivity index (χ3n) is 3.72. The van der Waals surface area contributed by atoms with Gasteiger partial charge in [0.25, 0.3) is 0 Å². The predicted molar refractivity (Wildman–Crippen MR) is 57.2 cm³/mol. The molecule has 5 heteroatoms. The maximum atomic E-state index is 12.6. The summed E-state index contributed by atoms with van der Waals surface area (Å²) in [4.78, 5) is 12.2. The van der Waals surface area contributed by atoms with Gasteiger partial charge in [-0.25, -0.2) is 0 Å². The van der Waals surface area contributed by atoms with Crippen LogP contribution in [0.5, 0.6) is 0 Å². The van der Waals surface area contributed by atoms with Gasteiger partial charge in [0, 0.05) is 5.56 Å². The summed E-state index contributed by atoms with van der Waals surface area (Å²) in [7, 11) is 0. The Morgan fingerprint density at radius 3 is 2.56 bits per heavy atom. The molecule has 0 saturated carbocycles. The molecular weight excluding hydrogens is 245 g/mol. The van der Waals surface area contributed by atoms with Crippen molar-refractivity contribution in [1.82, 2.24) is 0 Å². The van der Waals surface area contributed by atoms with Crippen LogP contribution in [0.2, 0.25) is 0 Å². The monoisotopic (exact) mass is 256 g/mol. The number of Topliss-reactive ketones (excluding diaryl/α,β-unsaturated/α-hetero) is 1. The van der Waals surface area contributed by atoms with E-state index >= 15 is 0 Å². The minimum atomic E-state index is -4.39. The Morgan fingerprint density at radius 1 is 1.28 bits per heavy atom. The summed E-state index contributed by atoms with van der Waals surface area (Å²) in [5.74, 6) is -0.148. The minimum absolute atomic E-state index is 0.148. The minimum Gasteiger partial charge on any atom is -0.363 e. The zero-order valence-corrected chi connectivity index (χ0v) is 9.84. The summed E-state index contributed by atoms with van der Waals surface area (Å²) in [6.45, 7) is 3.53. The summed E-state index contributed by atoms with van der Waals surface area (Å²) in [6.07, 6.45) is -5.05. The number of hydrogen-bond donors (Lipinski definition) is 0. The Morgan fingerprint density at radius 2 is 1.94 bits per heavy atom. The highest BCUT2D eigenvalue weighted by molar-refractivity contribution is 6.03. The fraction of sp³-hybridized carbons (Fsp3) is 0.462. The average molecular weight is 256 g/mol. The lowest BCUT2D eigenvalue weighted by Crippen LogP contribution is -2.34. The first-order valence-corrected chi connectivity index (χ1v) is 5.64. The Labute approximate surface area is 102 Å². The van der Waals surface area contributed by atoms with Crippen LogP contribution in [0.1, 0.15) is 41.4 Å². The van der Waals surface area contributed by atoms with E-state index in [0.717, 1.165) is 12.1 Å². The highest BCUT2D eigenvalue weighted by Gasteiger charge is 2.59. The number of halogens is 3. The van der Waals surface area contributed by atoms with Gasteiger partial charge in [-0.3, -0.25) is 4.79 Å². The molecule has 18 heavy (non-hydrogen) atoms. The molecule has 0 bridgehead atoms. The molecule has 1 fully saturated rings. The number of fused-ring (bicyclic) bond motifs is 3.